The van der Waals surface area contributed by atoms with Gasteiger partial charge in [0.1, 0.15) is 6.10 Å². The van der Waals surface area contributed by atoms with Crippen molar-refractivity contribution in [1.29, 1.82) is 0 Å². The summed E-state index contributed by atoms with van der Waals surface area (Å²) in [6.45, 7) is 3.37. The molecule has 14 heavy (non-hydrogen) atoms. The van der Waals surface area contributed by atoms with Crippen LogP contribution in [0, 0.1) is 0 Å². The lowest BCUT2D eigenvalue weighted by atomic mass is 10.2. The van der Waals surface area contributed by atoms with Crippen LogP contribution in [0.2, 0.25) is 0 Å². The van der Waals surface area contributed by atoms with E-state index in [0.29, 0.717) is 0 Å². The van der Waals surface area contributed by atoms with E-state index in [9.17, 15) is 9.59 Å². The molecule has 0 rings (SSSR count). The third-order valence-electron chi connectivity index (χ3n) is 1.81. The van der Waals surface area contributed by atoms with Gasteiger partial charge in [0.15, 0.2) is 0 Å². The summed E-state index contributed by atoms with van der Waals surface area (Å²) in [5, 5.41) is 2.63. The second-order valence-corrected chi connectivity index (χ2v) is 3.07. The standard InChI is InChI=1S/C9H17NO4/c1-6(5-8(11)14-4)10-9(12)7(2)13-3/h6-7H,5H2,1-4H3,(H,10,12). The predicted octanol–water partition coefficient (Wildman–Crippen LogP) is 0.0891. The third-order valence-corrected chi connectivity index (χ3v) is 1.81. The van der Waals surface area contributed by atoms with Crippen molar-refractivity contribution in [2.24, 2.45) is 0 Å². The molecule has 0 heterocycles. The van der Waals surface area contributed by atoms with Gasteiger partial charge in [-0.1, -0.05) is 0 Å². The average Bonchev–Trinajstić information content (AvgIpc) is 2.15. The highest BCUT2D eigenvalue weighted by Crippen LogP contribution is 1.95. The van der Waals surface area contributed by atoms with Crippen LogP contribution in [0.5, 0.6) is 0 Å². The van der Waals surface area contributed by atoms with Gasteiger partial charge >= 0.3 is 5.97 Å². The number of esters is 1. The number of carbonyl (C=O) groups excluding carboxylic acids is 2. The Bertz CT molecular complexity index is 205. The lowest BCUT2D eigenvalue weighted by Gasteiger charge is -2.15. The normalized spacial score (nSPS) is 14.3. The summed E-state index contributed by atoms with van der Waals surface area (Å²) in [5.41, 5.74) is 0. The molecule has 0 saturated heterocycles. The summed E-state index contributed by atoms with van der Waals surface area (Å²) in [7, 11) is 2.77. The molecule has 2 atom stereocenters. The van der Waals surface area contributed by atoms with Crippen molar-refractivity contribution < 1.29 is 19.1 Å². The molecule has 0 aromatic rings. The van der Waals surface area contributed by atoms with E-state index in [4.69, 9.17) is 4.74 Å². The Balaban J connectivity index is 3.88. The molecule has 1 N–H and O–H groups in total. The van der Waals surface area contributed by atoms with Gasteiger partial charge in [-0.2, -0.15) is 0 Å². The minimum atomic E-state index is -0.505. The van der Waals surface area contributed by atoms with Crippen LogP contribution < -0.4 is 5.32 Å². The highest BCUT2D eigenvalue weighted by atomic mass is 16.5. The highest BCUT2D eigenvalue weighted by Gasteiger charge is 2.16. The van der Waals surface area contributed by atoms with Gasteiger partial charge in [-0.25, -0.2) is 0 Å². The maximum Gasteiger partial charge on any atom is 0.307 e. The molecule has 1 amide bonds. The topological polar surface area (TPSA) is 64.6 Å². The Kier molecular flexibility index (Phi) is 5.87. The summed E-state index contributed by atoms with van der Waals surface area (Å²) in [5.74, 6) is -0.577. The van der Waals surface area contributed by atoms with Gasteiger partial charge in [0.2, 0.25) is 5.91 Å². The quantitative estimate of drug-likeness (QED) is 0.643. The summed E-state index contributed by atoms with van der Waals surface area (Å²) in [4.78, 5) is 22.1. The first-order valence-electron chi connectivity index (χ1n) is 4.41. The first kappa shape index (κ1) is 12.9. The van der Waals surface area contributed by atoms with E-state index in [0.717, 1.165) is 0 Å². The van der Waals surface area contributed by atoms with Crippen LogP contribution in [0.3, 0.4) is 0 Å². The monoisotopic (exact) mass is 203 g/mol. The molecule has 0 aliphatic carbocycles. The maximum atomic E-state index is 11.3. The Morgan fingerprint density at radius 3 is 2.29 bits per heavy atom. The molecule has 0 aromatic heterocycles. The molecule has 5 heteroatoms. The number of amides is 1. The molecular formula is C9H17NO4. The zero-order chi connectivity index (χ0) is 11.1. The van der Waals surface area contributed by atoms with E-state index in [-0.39, 0.29) is 24.3 Å². The largest absolute Gasteiger partial charge is 0.469 e. The number of ether oxygens (including phenoxy) is 2. The second kappa shape index (κ2) is 6.37. The molecule has 0 saturated carbocycles. The zero-order valence-electron chi connectivity index (χ0n) is 8.99. The second-order valence-electron chi connectivity index (χ2n) is 3.07. The minimum Gasteiger partial charge on any atom is -0.469 e. The van der Waals surface area contributed by atoms with Crippen LogP contribution in [0.1, 0.15) is 20.3 Å². The number of hydrogen-bond acceptors (Lipinski definition) is 4. The fourth-order valence-electron chi connectivity index (χ4n) is 0.852. The van der Waals surface area contributed by atoms with E-state index >= 15 is 0 Å². The van der Waals surface area contributed by atoms with Crippen molar-refractivity contribution in [3.63, 3.8) is 0 Å². The fraction of sp³-hybridized carbons (Fsp3) is 0.778. The molecular weight excluding hydrogens is 186 g/mol. The maximum absolute atomic E-state index is 11.3. The van der Waals surface area contributed by atoms with Crippen molar-refractivity contribution in [2.75, 3.05) is 14.2 Å². The summed E-state index contributed by atoms with van der Waals surface area (Å²) < 4.78 is 9.28. The van der Waals surface area contributed by atoms with E-state index in [1.807, 2.05) is 0 Å². The molecule has 5 nitrogen and oxygen atoms in total. The van der Waals surface area contributed by atoms with Gasteiger partial charge in [-0.3, -0.25) is 9.59 Å². The van der Waals surface area contributed by atoms with Crippen molar-refractivity contribution >= 4 is 11.9 Å². The van der Waals surface area contributed by atoms with Crippen LogP contribution in [0.25, 0.3) is 0 Å². The molecule has 0 aliphatic heterocycles. The van der Waals surface area contributed by atoms with Crippen molar-refractivity contribution in [3.05, 3.63) is 0 Å². The Morgan fingerprint density at radius 1 is 1.29 bits per heavy atom. The molecule has 0 aliphatic rings. The van der Waals surface area contributed by atoms with Crippen molar-refractivity contribution in [3.8, 4) is 0 Å². The van der Waals surface area contributed by atoms with Crippen LogP contribution in [-0.4, -0.2) is 38.2 Å². The Labute approximate surface area is 83.8 Å². The van der Waals surface area contributed by atoms with E-state index in [2.05, 4.69) is 10.1 Å². The van der Waals surface area contributed by atoms with Gasteiger partial charge in [0.25, 0.3) is 0 Å². The van der Waals surface area contributed by atoms with Gasteiger partial charge in [0.05, 0.1) is 13.5 Å². The van der Waals surface area contributed by atoms with Crippen LogP contribution in [0.15, 0.2) is 0 Å². The number of methoxy groups -OCH3 is 2. The number of nitrogens with one attached hydrogen (secondary N) is 1. The van der Waals surface area contributed by atoms with Gasteiger partial charge in [-0.05, 0) is 13.8 Å². The Morgan fingerprint density at radius 2 is 1.86 bits per heavy atom. The van der Waals surface area contributed by atoms with Crippen LogP contribution >= 0.6 is 0 Å². The first-order valence-corrected chi connectivity index (χ1v) is 4.41. The van der Waals surface area contributed by atoms with Crippen LogP contribution in [0.4, 0.5) is 0 Å². The molecule has 2 unspecified atom stereocenters. The molecule has 0 aromatic carbocycles. The highest BCUT2D eigenvalue weighted by molar-refractivity contribution is 5.81. The molecule has 0 radical (unpaired) electrons. The van der Waals surface area contributed by atoms with Gasteiger partial charge < -0.3 is 14.8 Å². The van der Waals surface area contributed by atoms with E-state index in [1.165, 1.54) is 14.2 Å². The summed E-state index contributed by atoms with van der Waals surface area (Å²) in [6, 6.07) is -0.243. The number of hydrogen-bond donors (Lipinski definition) is 1. The van der Waals surface area contributed by atoms with Gasteiger partial charge in [0, 0.05) is 13.2 Å². The minimum absolute atomic E-state index is 0.165. The van der Waals surface area contributed by atoms with Crippen LogP contribution in [-0.2, 0) is 19.1 Å². The SMILES string of the molecule is COC(=O)CC(C)NC(=O)C(C)OC. The molecule has 0 bridgehead atoms. The smallest absolute Gasteiger partial charge is 0.307 e. The summed E-state index contributed by atoms with van der Waals surface area (Å²) >= 11 is 0. The Hall–Kier alpha value is -1.10. The number of rotatable bonds is 5. The lowest BCUT2D eigenvalue weighted by Crippen LogP contribution is -2.40. The van der Waals surface area contributed by atoms with Crippen molar-refractivity contribution in [1.82, 2.24) is 5.32 Å². The predicted molar refractivity (Wildman–Crippen MR) is 50.7 cm³/mol. The third kappa shape index (κ3) is 4.81. The van der Waals surface area contributed by atoms with Gasteiger partial charge in [-0.15, -0.1) is 0 Å². The van der Waals surface area contributed by atoms with E-state index < -0.39 is 6.10 Å². The van der Waals surface area contributed by atoms with E-state index in [1.54, 1.807) is 13.8 Å². The zero-order valence-corrected chi connectivity index (χ0v) is 8.99. The molecule has 0 spiro atoms. The molecule has 82 valence electrons. The first-order chi connectivity index (χ1) is 6.51. The van der Waals surface area contributed by atoms with Crippen molar-refractivity contribution in [2.45, 2.75) is 32.4 Å². The lowest BCUT2D eigenvalue weighted by molar-refractivity contribution is -0.141. The summed E-state index contributed by atoms with van der Waals surface area (Å²) in [6.07, 6.45) is -0.339. The fourth-order valence-corrected chi connectivity index (χ4v) is 0.852. The number of carbonyl (C=O) groups is 2. The molecule has 0 fully saturated rings. The average molecular weight is 203 g/mol.